The number of likely N-dealkylation sites (tertiary alicyclic amines) is 1. The van der Waals surface area contributed by atoms with Gasteiger partial charge in [-0.25, -0.2) is 18.4 Å². The lowest BCUT2D eigenvalue weighted by Crippen LogP contribution is -2.71. The van der Waals surface area contributed by atoms with Gasteiger partial charge in [0.1, 0.15) is 23.8 Å². The summed E-state index contributed by atoms with van der Waals surface area (Å²) < 4.78 is 31.5. The van der Waals surface area contributed by atoms with E-state index >= 15 is 0 Å². The summed E-state index contributed by atoms with van der Waals surface area (Å²) in [6, 6.07) is 3.47. The van der Waals surface area contributed by atoms with Gasteiger partial charge in [0.2, 0.25) is 0 Å². The summed E-state index contributed by atoms with van der Waals surface area (Å²) in [6.07, 6.45) is -0.431. The van der Waals surface area contributed by atoms with Crippen molar-refractivity contribution in [1.29, 1.82) is 0 Å². The lowest BCUT2D eigenvalue weighted by atomic mass is 9.92. The van der Waals surface area contributed by atoms with Crippen molar-refractivity contribution in [2.75, 3.05) is 45.9 Å². The van der Waals surface area contributed by atoms with Gasteiger partial charge in [-0.3, -0.25) is 4.90 Å². The van der Waals surface area contributed by atoms with Crippen LogP contribution in [0.15, 0.2) is 18.2 Å². The second-order valence-electron chi connectivity index (χ2n) is 7.16. The monoisotopic (exact) mass is 366 g/mol. The Bertz CT molecular complexity index is 710. The highest BCUT2D eigenvalue weighted by atomic mass is 19.1. The van der Waals surface area contributed by atoms with Gasteiger partial charge < -0.3 is 19.9 Å². The Hall–Kier alpha value is -2.42. The van der Waals surface area contributed by atoms with Gasteiger partial charge in [-0.05, 0) is 17.7 Å². The molecule has 9 heteroatoms. The van der Waals surface area contributed by atoms with E-state index in [0.717, 1.165) is 6.07 Å². The fourth-order valence-corrected chi connectivity index (χ4v) is 3.74. The quantitative estimate of drug-likeness (QED) is 0.848. The van der Waals surface area contributed by atoms with Crippen LogP contribution >= 0.6 is 0 Å². The highest BCUT2D eigenvalue weighted by molar-refractivity contribution is 5.78. The standard InChI is InChI=1S/C17H20F2N4O3/c18-13-5-12(6-14(19)7-13)8-21-1-3-22(4-2-21)16(25)23-9-17(10-23)11-26-15(24)20-17/h5-7H,1-4,8-11H2,(H,20,24). The summed E-state index contributed by atoms with van der Waals surface area (Å²) in [7, 11) is 0. The Kier molecular flexibility index (Phi) is 4.18. The Morgan fingerprint density at radius 2 is 1.73 bits per heavy atom. The first kappa shape index (κ1) is 17.0. The van der Waals surface area contributed by atoms with E-state index in [1.807, 2.05) is 0 Å². The van der Waals surface area contributed by atoms with Gasteiger partial charge in [-0.15, -0.1) is 0 Å². The molecule has 0 unspecified atom stereocenters. The molecule has 0 bridgehead atoms. The molecular weight excluding hydrogens is 346 g/mol. The molecule has 1 aromatic carbocycles. The summed E-state index contributed by atoms with van der Waals surface area (Å²) in [4.78, 5) is 29.2. The van der Waals surface area contributed by atoms with Crippen LogP contribution in [0.2, 0.25) is 0 Å². The predicted molar refractivity (Wildman–Crippen MR) is 87.4 cm³/mol. The molecule has 140 valence electrons. The Labute approximate surface area is 149 Å². The molecule has 1 aromatic rings. The van der Waals surface area contributed by atoms with Crippen LogP contribution in [0.1, 0.15) is 5.56 Å². The van der Waals surface area contributed by atoms with E-state index in [0.29, 0.717) is 58.0 Å². The maximum absolute atomic E-state index is 13.3. The molecule has 0 aromatic heterocycles. The SMILES string of the molecule is O=C1NC2(CO1)CN(C(=O)N1CCN(Cc3cc(F)cc(F)c3)CC1)C2. The number of hydrogen-bond acceptors (Lipinski definition) is 4. The number of carbonyl (C=O) groups is 2. The number of carbonyl (C=O) groups excluding carboxylic acids is 2. The van der Waals surface area contributed by atoms with Gasteiger partial charge in [0, 0.05) is 38.8 Å². The molecule has 1 spiro atoms. The number of rotatable bonds is 2. The Balaban J connectivity index is 1.26. The zero-order valence-electron chi connectivity index (χ0n) is 14.2. The van der Waals surface area contributed by atoms with Crippen molar-refractivity contribution in [1.82, 2.24) is 20.0 Å². The molecule has 4 rings (SSSR count). The predicted octanol–water partition coefficient (Wildman–Crippen LogP) is 0.997. The van der Waals surface area contributed by atoms with Crippen molar-refractivity contribution < 1.29 is 23.1 Å². The van der Waals surface area contributed by atoms with Crippen molar-refractivity contribution in [2.24, 2.45) is 0 Å². The molecule has 1 N–H and O–H groups in total. The van der Waals surface area contributed by atoms with Gasteiger partial charge >= 0.3 is 12.1 Å². The van der Waals surface area contributed by atoms with Gasteiger partial charge in [0.15, 0.2) is 0 Å². The third kappa shape index (κ3) is 3.31. The number of halogens is 2. The first-order chi connectivity index (χ1) is 12.4. The number of nitrogens with one attached hydrogen (secondary N) is 1. The summed E-state index contributed by atoms with van der Waals surface area (Å²) in [5.41, 5.74) is 0.166. The molecule has 3 saturated heterocycles. The smallest absolute Gasteiger partial charge is 0.407 e. The number of cyclic esters (lactones) is 1. The maximum atomic E-state index is 13.3. The minimum atomic E-state index is -0.580. The van der Waals surface area contributed by atoms with E-state index in [2.05, 4.69) is 10.2 Å². The number of alkyl carbamates (subject to hydrolysis) is 1. The summed E-state index contributed by atoms with van der Waals surface area (Å²) in [5, 5.41) is 2.75. The average molecular weight is 366 g/mol. The Morgan fingerprint density at radius 3 is 2.31 bits per heavy atom. The number of amides is 3. The second-order valence-corrected chi connectivity index (χ2v) is 7.16. The molecule has 7 nitrogen and oxygen atoms in total. The lowest BCUT2D eigenvalue weighted by Gasteiger charge is -2.48. The summed E-state index contributed by atoms with van der Waals surface area (Å²) in [5.74, 6) is -1.16. The molecule has 3 fully saturated rings. The van der Waals surface area contributed by atoms with E-state index in [1.54, 1.807) is 9.80 Å². The minimum absolute atomic E-state index is 0.0479. The maximum Gasteiger partial charge on any atom is 0.407 e. The third-order valence-corrected chi connectivity index (χ3v) is 5.08. The second kappa shape index (κ2) is 6.39. The van der Waals surface area contributed by atoms with E-state index in [1.165, 1.54) is 12.1 Å². The molecule has 0 radical (unpaired) electrons. The number of piperazine rings is 1. The third-order valence-electron chi connectivity index (χ3n) is 5.08. The topological polar surface area (TPSA) is 65.1 Å². The molecule has 3 heterocycles. The van der Waals surface area contributed by atoms with E-state index in [-0.39, 0.29) is 6.03 Å². The van der Waals surface area contributed by atoms with Crippen molar-refractivity contribution in [3.05, 3.63) is 35.4 Å². The molecule has 0 atom stereocenters. The normalized spacial score (nSPS) is 22.2. The summed E-state index contributed by atoms with van der Waals surface area (Å²) >= 11 is 0. The van der Waals surface area contributed by atoms with Gasteiger partial charge in [-0.2, -0.15) is 0 Å². The van der Waals surface area contributed by atoms with Crippen molar-refractivity contribution >= 4 is 12.1 Å². The van der Waals surface area contributed by atoms with E-state index in [4.69, 9.17) is 4.74 Å². The van der Waals surface area contributed by atoms with Gasteiger partial charge in [-0.1, -0.05) is 0 Å². The number of benzene rings is 1. The first-order valence-electron chi connectivity index (χ1n) is 8.59. The van der Waals surface area contributed by atoms with Gasteiger partial charge in [0.25, 0.3) is 0 Å². The molecule has 3 amide bonds. The largest absolute Gasteiger partial charge is 0.447 e. The van der Waals surface area contributed by atoms with Crippen LogP contribution in [0.3, 0.4) is 0 Å². The van der Waals surface area contributed by atoms with E-state index < -0.39 is 23.3 Å². The molecule has 26 heavy (non-hydrogen) atoms. The fraction of sp³-hybridized carbons (Fsp3) is 0.529. The van der Waals surface area contributed by atoms with Gasteiger partial charge in [0.05, 0.1) is 13.1 Å². The van der Waals surface area contributed by atoms with Crippen molar-refractivity contribution in [3.8, 4) is 0 Å². The molecular formula is C17H20F2N4O3. The van der Waals surface area contributed by atoms with Crippen LogP contribution in [-0.4, -0.2) is 78.2 Å². The van der Waals surface area contributed by atoms with Crippen molar-refractivity contribution in [2.45, 2.75) is 12.1 Å². The van der Waals surface area contributed by atoms with Crippen LogP contribution in [-0.2, 0) is 11.3 Å². The van der Waals surface area contributed by atoms with Crippen LogP contribution in [0.4, 0.5) is 18.4 Å². The number of ether oxygens (including phenoxy) is 1. The van der Waals surface area contributed by atoms with Crippen LogP contribution < -0.4 is 5.32 Å². The van der Waals surface area contributed by atoms with Crippen LogP contribution in [0.25, 0.3) is 0 Å². The van der Waals surface area contributed by atoms with Crippen LogP contribution in [0, 0.1) is 11.6 Å². The minimum Gasteiger partial charge on any atom is -0.447 e. The van der Waals surface area contributed by atoms with E-state index in [9.17, 15) is 18.4 Å². The highest BCUT2D eigenvalue weighted by Crippen LogP contribution is 2.26. The highest BCUT2D eigenvalue weighted by Gasteiger charge is 2.52. The number of nitrogens with zero attached hydrogens (tertiary/aromatic N) is 3. The molecule has 3 aliphatic heterocycles. The Morgan fingerprint density at radius 1 is 1.08 bits per heavy atom. The zero-order chi connectivity index (χ0) is 18.3. The first-order valence-corrected chi connectivity index (χ1v) is 8.59. The molecule has 0 aliphatic carbocycles. The van der Waals surface area contributed by atoms with Crippen LogP contribution in [0.5, 0.6) is 0 Å². The molecule has 0 saturated carbocycles. The zero-order valence-corrected chi connectivity index (χ0v) is 14.2. The number of hydrogen-bond donors (Lipinski definition) is 1. The summed E-state index contributed by atoms with van der Waals surface area (Å²) in [6.45, 7) is 4.07. The average Bonchev–Trinajstić information content (AvgIpc) is 2.95. The molecule has 3 aliphatic rings. The van der Waals surface area contributed by atoms with Crippen molar-refractivity contribution in [3.63, 3.8) is 0 Å². The lowest BCUT2D eigenvalue weighted by molar-refractivity contribution is 0.0425. The fourth-order valence-electron chi connectivity index (χ4n) is 3.74. The number of urea groups is 1.